The number of thioether (sulfide) groups is 1. The molecule has 0 radical (unpaired) electrons. The molecule has 0 fully saturated rings. The third kappa shape index (κ3) is 4.02. The molecular formula is C21H14F3N3OS. The highest BCUT2D eigenvalue weighted by atomic mass is 32.2. The molecule has 0 aliphatic heterocycles. The zero-order valence-electron chi connectivity index (χ0n) is 14.9. The van der Waals surface area contributed by atoms with E-state index in [0.717, 1.165) is 12.1 Å². The summed E-state index contributed by atoms with van der Waals surface area (Å²) < 4.78 is 39.7. The summed E-state index contributed by atoms with van der Waals surface area (Å²) in [5, 5.41) is 0.928. The molecule has 0 spiro atoms. The van der Waals surface area contributed by atoms with Crippen molar-refractivity contribution in [1.29, 1.82) is 0 Å². The number of benzene rings is 2. The summed E-state index contributed by atoms with van der Waals surface area (Å²) in [4.78, 5) is 21.7. The van der Waals surface area contributed by atoms with Gasteiger partial charge in [-0.25, -0.2) is 4.98 Å². The molecule has 146 valence electrons. The lowest BCUT2D eigenvalue weighted by molar-refractivity contribution is -0.137. The predicted molar refractivity (Wildman–Crippen MR) is 106 cm³/mol. The highest BCUT2D eigenvalue weighted by Crippen LogP contribution is 2.30. The van der Waals surface area contributed by atoms with E-state index >= 15 is 0 Å². The lowest BCUT2D eigenvalue weighted by Crippen LogP contribution is -2.21. The standard InChI is InChI=1S/C21H14F3N3OS/c22-21(23,24)15-9-7-14(8-10-15)13-29-20-26-18-6-2-1-5-17(18)19(28)27(20)16-4-3-11-25-12-16/h1-12H,13H2. The number of alkyl halides is 3. The molecule has 4 nitrogen and oxygen atoms in total. The minimum absolute atomic E-state index is 0.224. The van der Waals surface area contributed by atoms with Crippen molar-refractivity contribution in [3.63, 3.8) is 0 Å². The van der Waals surface area contributed by atoms with Gasteiger partial charge in [-0.3, -0.25) is 14.3 Å². The lowest BCUT2D eigenvalue weighted by atomic mass is 10.1. The molecule has 0 amide bonds. The van der Waals surface area contributed by atoms with Crippen molar-refractivity contribution in [1.82, 2.24) is 14.5 Å². The second-order valence-electron chi connectivity index (χ2n) is 6.25. The summed E-state index contributed by atoms with van der Waals surface area (Å²) in [6.45, 7) is 0. The van der Waals surface area contributed by atoms with Crippen LogP contribution in [0.2, 0.25) is 0 Å². The molecule has 8 heteroatoms. The maximum atomic E-state index is 13.1. The average molecular weight is 413 g/mol. The van der Waals surface area contributed by atoms with Gasteiger partial charge in [-0.2, -0.15) is 13.2 Å². The van der Waals surface area contributed by atoms with Crippen LogP contribution in [-0.4, -0.2) is 14.5 Å². The third-order valence-corrected chi connectivity index (χ3v) is 5.31. The van der Waals surface area contributed by atoms with Crippen molar-refractivity contribution in [2.24, 2.45) is 0 Å². The molecule has 0 aliphatic rings. The van der Waals surface area contributed by atoms with E-state index in [1.165, 1.54) is 28.5 Å². The molecular weight excluding hydrogens is 399 g/mol. The maximum Gasteiger partial charge on any atom is 0.416 e. The molecule has 2 aromatic heterocycles. The van der Waals surface area contributed by atoms with E-state index in [1.54, 1.807) is 48.8 Å². The van der Waals surface area contributed by atoms with Gasteiger partial charge in [0.15, 0.2) is 5.16 Å². The van der Waals surface area contributed by atoms with Gasteiger partial charge >= 0.3 is 6.18 Å². The van der Waals surface area contributed by atoms with Gasteiger partial charge in [-0.15, -0.1) is 0 Å². The fourth-order valence-corrected chi connectivity index (χ4v) is 3.83. The van der Waals surface area contributed by atoms with Crippen LogP contribution in [-0.2, 0) is 11.9 Å². The molecule has 0 unspecified atom stereocenters. The first-order chi connectivity index (χ1) is 13.9. The summed E-state index contributed by atoms with van der Waals surface area (Å²) in [6, 6.07) is 15.5. The van der Waals surface area contributed by atoms with Crippen molar-refractivity contribution >= 4 is 22.7 Å². The number of hydrogen-bond acceptors (Lipinski definition) is 4. The Morgan fingerprint density at radius 3 is 2.41 bits per heavy atom. The van der Waals surface area contributed by atoms with Crippen molar-refractivity contribution in [3.05, 3.63) is 94.5 Å². The first kappa shape index (κ1) is 19.2. The van der Waals surface area contributed by atoms with Crippen molar-refractivity contribution in [2.45, 2.75) is 17.1 Å². The Hall–Kier alpha value is -3.13. The molecule has 0 aliphatic carbocycles. The van der Waals surface area contributed by atoms with Crippen LogP contribution in [0.25, 0.3) is 16.6 Å². The summed E-state index contributed by atoms with van der Waals surface area (Å²) in [5.74, 6) is 0.364. The number of fused-ring (bicyclic) bond motifs is 1. The van der Waals surface area contributed by atoms with Crippen LogP contribution in [0.15, 0.2) is 83.0 Å². The molecule has 0 atom stereocenters. The van der Waals surface area contributed by atoms with Crippen LogP contribution >= 0.6 is 11.8 Å². The van der Waals surface area contributed by atoms with Crippen LogP contribution in [0.3, 0.4) is 0 Å². The van der Waals surface area contributed by atoms with Gasteiger partial charge in [0.1, 0.15) is 0 Å². The lowest BCUT2D eigenvalue weighted by Gasteiger charge is -2.13. The second-order valence-corrected chi connectivity index (χ2v) is 7.19. The van der Waals surface area contributed by atoms with Crippen molar-refractivity contribution in [3.8, 4) is 5.69 Å². The number of aromatic nitrogens is 3. The van der Waals surface area contributed by atoms with E-state index in [4.69, 9.17) is 0 Å². The molecule has 0 saturated carbocycles. The molecule has 2 aromatic carbocycles. The molecule has 29 heavy (non-hydrogen) atoms. The summed E-state index contributed by atoms with van der Waals surface area (Å²) in [6.07, 6.45) is -1.19. The molecule has 4 rings (SSSR count). The number of nitrogens with zero attached hydrogens (tertiary/aromatic N) is 3. The predicted octanol–water partition coefficient (Wildman–Crippen LogP) is 5.09. The number of para-hydroxylation sites is 1. The Morgan fingerprint density at radius 1 is 0.966 bits per heavy atom. The van der Waals surface area contributed by atoms with Crippen molar-refractivity contribution in [2.75, 3.05) is 0 Å². The molecule has 0 N–H and O–H groups in total. The van der Waals surface area contributed by atoms with Gasteiger partial charge in [0.25, 0.3) is 5.56 Å². The Bertz CT molecular complexity index is 1210. The monoisotopic (exact) mass is 413 g/mol. The summed E-state index contributed by atoms with van der Waals surface area (Å²) in [5.41, 5.74) is 0.919. The van der Waals surface area contributed by atoms with Gasteiger partial charge in [-0.1, -0.05) is 36.0 Å². The Balaban J connectivity index is 1.72. The highest BCUT2D eigenvalue weighted by molar-refractivity contribution is 7.98. The largest absolute Gasteiger partial charge is 0.416 e. The van der Waals surface area contributed by atoms with Gasteiger partial charge in [-0.05, 0) is 42.0 Å². The van der Waals surface area contributed by atoms with E-state index in [9.17, 15) is 18.0 Å². The van der Waals surface area contributed by atoms with E-state index in [2.05, 4.69) is 9.97 Å². The number of pyridine rings is 1. The Kier molecular flexibility index (Phi) is 5.10. The summed E-state index contributed by atoms with van der Waals surface area (Å²) in [7, 11) is 0. The second kappa shape index (κ2) is 7.71. The van der Waals surface area contributed by atoms with Crippen LogP contribution in [0.5, 0.6) is 0 Å². The van der Waals surface area contributed by atoms with Crippen molar-refractivity contribution < 1.29 is 13.2 Å². The fourth-order valence-electron chi connectivity index (χ4n) is 2.86. The zero-order chi connectivity index (χ0) is 20.4. The zero-order valence-corrected chi connectivity index (χ0v) is 15.7. The van der Waals surface area contributed by atoms with E-state index in [1.807, 2.05) is 0 Å². The normalized spacial score (nSPS) is 11.7. The quantitative estimate of drug-likeness (QED) is 0.345. The molecule has 2 heterocycles. The van der Waals surface area contributed by atoms with E-state index in [0.29, 0.717) is 33.1 Å². The van der Waals surface area contributed by atoms with Crippen LogP contribution < -0.4 is 5.56 Å². The average Bonchev–Trinajstić information content (AvgIpc) is 2.73. The van der Waals surface area contributed by atoms with Gasteiger partial charge in [0.05, 0.1) is 28.4 Å². The van der Waals surface area contributed by atoms with Gasteiger partial charge < -0.3 is 0 Å². The number of hydrogen-bond donors (Lipinski definition) is 0. The summed E-state index contributed by atoms with van der Waals surface area (Å²) >= 11 is 1.28. The first-order valence-electron chi connectivity index (χ1n) is 8.64. The van der Waals surface area contributed by atoms with E-state index < -0.39 is 11.7 Å². The SMILES string of the molecule is O=c1c2ccccc2nc(SCc2ccc(C(F)(F)F)cc2)n1-c1cccnc1. The molecule has 0 bridgehead atoms. The number of rotatable bonds is 4. The topological polar surface area (TPSA) is 47.8 Å². The smallest absolute Gasteiger partial charge is 0.268 e. The third-order valence-electron chi connectivity index (χ3n) is 4.30. The highest BCUT2D eigenvalue weighted by Gasteiger charge is 2.29. The minimum Gasteiger partial charge on any atom is -0.268 e. The maximum absolute atomic E-state index is 13.1. The minimum atomic E-state index is -4.37. The van der Waals surface area contributed by atoms with Gasteiger partial charge in [0, 0.05) is 11.9 Å². The fraction of sp³-hybridized carbons (Fsp3) is 0.0952. The van der Waals surface area contributed by atoms with Crippen LogP contribution in [0.1, 0.15) is 11.1 Å². The van der Waals surface area contributed by atoms with Crippen LogP contribution in [0, 0.1) is 0 Å². The first-order valence-corrected chi connectivity index (χ1v) is 9.63. The van der Waals surface area contributed by atoms with E-state index in [-0.39, 0.29) is 5.56 Å². The number of halogens is 3. The molecule has 0 saturated heterocycles. The Labute approximate surface area is 168 Å². The van der Waals surface area contributed by atoms with Crippen LogP contribution in [0.4, 0.5) is 13.2 Å². The molecule has 4 aromatic rings. The van der Waals surface area contributed by atoms with Gasteiger partial charge in [0.2, 0.25) is 0 Å². The Morgan fingerprint density at radius 2 is 1.72 bits per heavy atom.